The van der Waals surface area contributed by atoms with Crippen LogP contribution in [0.15, 0.2) is 23.8 Å². The summed E-state index contributed by atoms with van der Waals surface area (Å²) in [6, 6.07) is 3.88. The van der Waals surface area contributed by atoms with Gasteiger partial charge < -0.3 is 24.2 Å². The monoisotopic (exact) mass is 425 g/mol. The van der Waals surface area contributed by atoms with Gasteiger partial charge in [0.2, 0.25) is 11.6 Å². The Morgan fingerprint density at radius 2 is 2.03 bits per heavy atom. The molecule has 2 bridgehead atoms. The molecule has 1 spiro atoms. The van der Waals surface area contributed by atoms with Crippen LogP contribution in [0.25, 0.3) is 0 Å². The third-order valence-electron chi connectivity index (χ3n) is 9.70. The lowest BCUT2D eigenvalue weighted by molar-refractivity contribution is -0.976. The first-order valence-corrected chi connectivity index (χ1v) is 11.3. The fourth-order valence-corrected chi connectivity index (χ4v) is 8.48. The third-order valence-corrected chi connectivity index (χ3v) is 9.70. The first kappa shape index (κ1) is 18.5. The number of hydrogen-bond acceptors (Lipinski definition) is 5. The summed E-state index contributed by atoms with van der Waals surface area (Å²) in [5.41, 5.74) is 1.89. The van der Waals surface area contributed by atoms with Crippen molar-refractivity contribution in [3.8, 4) is 11.5 Å². The second kappa shape index (κ2) is 5.45. The van der Waals surface area contributed by atoms with E-state index in [1.165, 1.54) is 5.57 Å². The lowest BCUT2D eigenvalue weighted by Gasteiger charge is -2.63. The van der Waals surface area contributed by atoms with E-state index in [2.05, 4.69) is 13.1 Å². The van der Waals surface area contributed by atoms with Gasteiger partial charge in [0.15, 0.2) is 11.5 Å². The quantitative estimate of drug-likeness (QED) is 0.576. The second-order valence-electron chi connectivity index (χ2n) is 10.5. The summed E-state index contributed by atoms with van der Waals surface area (Å²) in [5, 5.41) is 12.6. The molecule has 6 aliphatic rings. The van der Waals surface area contributed by atoms with Gasteiger partial charge in [-0.15, -0.1) is 0 Å². The molecule has 7 atom stereocenters. The summed E-state index contributed by atoms with van der Waals surface area (Å²) in [6.07, 6.45) is 4.12. The normalized spacial score (nSPS) is 45.7. The standard InChI is InChI=1S/C24H29N2O5/c1-26-6-5-23-15-8-17(29-2)18(30-3)9-16(15)25-20(27)10-19-21(22(23)25)14(11-24(23,26)28)13(12-26)4-7-31-19/h4,8-9,14,19,21-22,28H,5-7,10-12H2,1-3H3/q+1/t14-,19+,21-,22+,23-,24+,26+/m0/s1. The molecule has 5 aliphatic heterocycles. The maximum Gasteiger partial charge on any atom is 0.229 e. The number of rotatable bonds is 2. The van der Waals surface area contributed by atoms with Crippen molar-refractivity contribution in [1.29, 1.82) is 0 Å². The molecule has 164 valence electrons. The Morgan fingerprint density at radius 1 is 1.26 bits per heavy atom. The molecular formula is C24H29N2O5+. The SMILES string of the molecule is COc1cc2c(cc1OC)[C@@]13CC[N@+]4(C)CC5=CCO[C@@H]6CC(=O)N2[C@@H]1[C@H]6[C@H]5C[C@@]34O. The van der Waals surface area contributed by atoms with E-state index in [9.17, 15) is 9.90 Å². The van der Waals surface area contributed by atoms with Gasteiger partial charge in [-0.3, -0.25) is 9.28 Å². The number of methoxy groups -OCH3 is 2. The highest BCUT2D eigenvalue weighted by molar-refractivity contribution is 5.99. The van der Waals surface area contributed by atoms with E-state index < -0.39 is 11.1 Å². The van der Waals surface area contributed by atoms with Gasteiger partial charge in [-0.25, -0.2) is 0 Å². The van der Waals surface area contributed by atoms with Crippen LogP contribution in [0.5, 0.6) is 11.5 Å². The number of anilines is 1. The molecule has 0 aromatic heterocycles. The molecule has 7 heteroatoms. The van der Waals surface area contributed by atoms with Crippen LogP contribution in [0, 0.1) is 11.8 Å². The van der Waals surface area contributed by atoms with Crippen LogP contribution < -0.4 is 14.4 Å². The molecule has 7 rings (SSSR count). The Bertz CT molecular complexity index is 1070. The number of carbonyl (C=O) groups excluding carboxylic acids is 1. The first-order valence-electron chi connectivity index (χ1n) is 11.3. The molecule has 5 heterocycles. The Hall–Kier alpha value is -2.09. The fraction of sp³-hybridized carbons (Fsp3) is 0.625. The molecule has 1 aromatic rings. The molecule has 4 fully saturated rings. The molecule has 1 saturated carbocycles. The summed E-state index contributed by atoms with van der Waals surface area (Å²) in [5.74, 6) is 1.82. The number of likely N-dealkylation sites (N-methyl/N-ethyl adjacent to an activating group) is 1. The minimum absolute atomic E-state index is 0.0877. The highest BCUT2D eigenvalue weighted by Gasteiger charge is 2.82. The number of benzene rings is 1. The summed E-state index contributed by atoms with van der Waals surface area (Å²) >= 11 is 0. The van der Waals surface area contributed by atoms with Gasteiger partial charge in [-0.1, -0.05) is 6.08 Å². The van der Waals surface area contributed by atoms with E-state index in [1.807, 2.05) is 17.0 Å². The topological polar surface area (TPSA) is 68.2 Å². The molecule has 0 unspecified atom stereocenters. The molecule has 7 nitrogen and oxygen atoms in total. The minimum Gasteiger partial charge on any atom is -0.493 e. The van der Waals surface area contributed by atoms with Crippen molar-refractivity contribution in [3.63, 3.8) is 0 Å². The van der Waals surface area contributed by atoms with Gasteiger partial charge >= 0.3 is 0 Å². The minimum atomic E-state index is -0.925. The second-order valence-corrected chi connectivity index (χ2v) is 10.5. The lowest BCUT2D eigenvalue weighted by atomic mass is 9.51. The van der Waals surface area contributed by atoms with Gasteiger partial charge in [-0.05, 0) is 17.2 Å². The maximum atomic E-state index is 13.6. The first-order chi connectivity index (χ1) is 14.9. The van der Waals surface area contributed by atoms with Gasteiger partial charge in [-0.2, -0.15) is 0 Å². The van der Waals surface area contributed by atoms with Gasteiger partial charge in [0.1, 0.15) is 12.0 Å². The molecule has 3 saturated heterocycles. The van der Waals surface area contributed by atoms with Gasteiger partial charge in [0.25, 0.3) is 0 Å². The van der Waals surface area contributed by atoms with E-state index in [0.717, 1.165) is 37.2 Å². The van der Waals surface area contributed by atoms with Crippen LogP contribution in [-0.4, -0.2) is 74.3 Å². The Balaban J connectivity index is 1.57. The van der Waals surface area contributed by atoms with Crippen LogP contribution >= 0.6 is 0 Å². The molecule has 1 amide bonds. The smallest absolute Gasteiger partial charge is 0.229 e. The van der Waals surface area contributed by atoms with Crippen LogP contribution in [0.2, 0.25) is 0 Å². The van der Waals surface area contributed by atoms with E-state index in [4.69, 9.17) is 14.2 Å². The number of ether oxygens (including phenoxy) is 3. The van der Waals surface area contributed by atoms with Gasteiger partial charge in [0.05, 0.1) is 58.7 Å². The highest BCUT2D eigenvalue weighted by Crippen LogP contribution is 2.71. The van der Waals surface area contributed by atoms with E-state index in [-0.39, 0.29) is 29.9 Å². The fourth-order valence-electron chi connectivity index (χ4n) is 8.48. The number of hydrogen-bond donors (Lipinski definition) is 1. The van der Waals surface area contributed by atoms with Crippen molar-refractivity contribution in [2.45, 2.75) is 42.5 Å². The number of carbonyl (C=O) groups is 1. The van der Waals surface area contributed by atoms with Crippen LogP contribution in [0.4, 0.5) is 5.69 Å². The highest BCUT2D eigenvalue weighted by atomic mass is 16.5. The summed E-state index contributed by atoms with van der Waals surface area (Å²) in [7, 11) is 5.46. The van der Waals surface area contributed by atoms with Crippen molar-refractivity contribution in [2.75, 3.05) is 45.9 Å². The molecule has 1 aromatic carbocycles. The van der Waals surface area contributed by atoms with Crippen molar-refractivity contribution in [3.05, 3.63) is 29.3 Å². The number of aliphatic hydroxyl groups is 1. The maximum absolute atomic E-state index is 13.6. The summed E-state index contributed by atoms with van der Waals surface area (Å²) in [4.78, 5) is 15.6. The number of fused-ring (bicyclic) bond motifs is 2. The Labute approximate surface area is 181 Å². The number of nitrogens with zero attached hydrogens (tertiary/aromatic N) is 2. The van der Waals surface area contributed by atoms with Crippen molar-refractivity contribution in [1.82, 2.24) is 0 Å². The summed E-state index contributed by atoms with van der Waals surface area (Å²) in [6.45, 7) is 2.32. The van der Waals surface area contributed by atoms with E-state index in [1.54, 1.807) is 14.2 Å². The van der Waals surface area contributed by atoms with Crippen LogP contribution in [0.1, 0.15) is 24.8 Å². The zero-order chi connectivity index (χ0) is 21.3. The Kier molecular flexibility index (Phi) is 3.25. The van der Waals surface area contributed by atoms with E-state index >= 15 is 0 Å². The largest absolute Gasteiger partial charge is 0.493 e. The summed E-state index contributed by atoms with van der Waals surface area (Å²) < 4.78 is 18.2. The average molecular weight is 426 g/mol. The van der Waals surface area contributed by atoms with Crippen molar-refractivity contribution < 1.29 is 28.6 Å². The van der Waals surface area contributed by atoms with Crippen molar-refractivity contribution >= 4 is 11.6 Å². The molecule has 1 N–H and O–H groups in total. The molecule has 1 aliphatic carbocycles. The zero-order valence-corrected chi connectivity index (χ0v) is 18.3. The predicted octanol–water partition coefficient (Wildman–Crippen LogP) is 1.57. The van der Waals surface area contributed by atoms with Crippen LogP contribution in [0.3, 0.4) is 0 Å². The average Bonchev–Trinajstić information content (AvgIpc) is 3.12. The molecular weight excluding hydrogens is 396 g/mol. The number of quaternary nitrogens is 1. The Morgan fingerprint density at radius 3 is 2.81 bits per heavy atom. The molecule has 31 heavy (non-hydrogen) atoms. The van der Waals surface area contributed by atoms with Crippen LogP contribution in [-0.2, 0) is 14.9 Å². The lowest BCUT2D eigenvalue weighted by Crippen LogP contribution is -2.78. The molecule has 0 radical (unpaired) electrons. The zero-order valence-electron chi connectivity index (χ0n) is 18.3. The predicted molar refractivity (Wildman–Crippen MR) is 112 cm³/mol. The number of piperidine rings is 2. The van der Waals surface area contributed by atoms with Crippen molar-refractivity contribution in [2.24, 2.45) is 11.8 Å². The van der Waals surface area contributed by atoms with Gasteiger partial charge in [0, 0.05) is 30.7 Å². The van der Waals surface area contributed by atoms with E-state index in [0.29, 0.717) is 29.0 Å². The number of amides is 1. The third kappa shape index (κ3) is 1.77.